The summed E-state index contributed by atoms with van der Waals surface area (Å²) < 4.78 is 0. The summed E-state index contributed by atoms with van der Waals surface area (Å²) in [5.41, 5.74) is 5.28. The van der Waals surface area contributed by atoms with Crippen molar-refractivity contribution in [2.75, 3.05) is 13.1 Å². The Kier molecular flexibility index (Phi) is 3.82. The first-order valence-corrected chi connectivity index (χ1v) is 9.29. The van der Waals surface area contributed by atoms with Crippen LogP contribution >= 0.6 is 0 Å². The average Bonchev–Trinajstić information content (AvgIpc) is 3.22. The molecule has 0 aliphatic carbocycles. The van der Waals surface area contributed by atoms with Crippen LogP contribution in [0.1, 0.15) is 28.3 Å². The minimum Gasteiger partial charge on any atom is -0.338 e. The molecule has 132 valence electrons. The summed E-state index contributed by atoms with van der Waals surface area (Å²) in [5, 5.41) is 0. The summed E-state index contributed by atoms with van der Waals surface area (Å²) in [4.78, 5) is 24.3. The summed E-state index contributed by atoms with van der Waals surface area (Å²) in [6.07, 6.45) is 1.01. The highest BCUT2D eigenvalue weighted by Gasteiger charge is 2.28. The second-order valence-electron chi connectivity index (χ2n) is 7.06. The van der Waals surface area contributed by atoms with Crippen LogP contribution in [0.25, 0.3) is 22.1 Å². The molecule has 0 spiro atoms. The largest absolute Gasteiger partial charge is 0.338 e. The molecule has 0 N–H and O–H groups in total. The Hall–Kier alpha value is -3.27. The molecule has 27 heavy (non-hydrogen) atoms. The predicted octanol–water partition coefficient (Wildman–Crippen LogP) is 4.41. The smallest absolute Gasteiger partial charge is 0.253 e. The van der Waals surface area contributed by atoms with Gasteiger partial charge in [0, 0.05) is 24.6 Å². The van der Waals surface area contributed by atoms with Gasteiger partial charge in [-0.3, -0.25) is 4.79 Å². The zero-order valence-electron chi connectivity index (χ0n) is 14.9. The zero-order chi connectivity index (χ0) is 18.2. The van der Waals surface area contributed by atoms with Gasteiger partial charge in [-0.05, 0) is 42.3 Å². The SMILES string of the molecule is O=C(c1ccc2nc3ccccc3nc2c1)N1CC[C@@H](c2ccccc2)C1. The van der Waals surface area contributed by atoms with Gasteiger partial charge in [0.05, 0.1) is 22.1 Å². The molecule has 2 heterocycles. The molecule has 1 saturated heterocycles. The molecule has 0 radical (unpaired) electrons. The molecular weight excluding hydrogens is 334 g/mol. The normalized spacial score (nSPS) is 16.9. The van der Waals surface area contributed by atoms with E-state index in [2.05, 4.69) is 34.2 Å². The molecule has 1 atom stereocenters. The maximum Gasteiger partial charge on any atom is 0.253 e. The number of fused-ring (bicyclic) bond motifs is 2. The molecule has 1 amide bonds. The van der Waals surface area contributed by atoms with Gasteiger partial charge in [-0.2, -0.15) is 0 Å². The molecule has 0 bridgehead atoms. The molecule has 0 unspecified atom stereocenters. The molecule has 4 nitrogen and oxygen atoms in total. The molecule has 1 fully saturated rings. The van der Waals surface area contributed by atoms with E-state index >= 15 is 0 Å². The number of carbonyl (C=O) groups excluding carboxylic acids is 1. The monoisotopic (exact) mass is 353 g/mol. The third kappa shape index (κ3) is 2.93. The highest BCUT2D eigenvalue weighted by molar-refractivity contribution is 5.98. The number of amides is 1. The third-order valence-corrected chi connectivity index (χ3v) is 5.33. The van der Waals surface area contributed by atoms with Gasteiger partial charge < -0.3 is 4.90 Å². The summed E-state index contributed by atoms with van der Waals surface area (Å²) in [5.74, 6) is 0.490. The fourth-order valence-electron chi connectivity index (χ4n) is 3.88. The Morgan fingerprint density at radius 3 is 2.26 bits per heavy atom. The number of hydrogen-bond donors (Lipinski definition) is 0. The number of hydrogen-bond acceptors (Lipinski definition) is 3. The second kappa shape index (κ2) is 6.47. The minimum absolute atomic E-state index is 0.0743. The number of rotatable bonds is 2. The number of benzene rings is 3. The Balaban J connectivity index is 1.43. The first kappa shape index (κ1) is 15.9. The lowest BCUT2D eigenvalue weighted by molar-refractivity contribution is 0.0791. The van der Waals surface area contributed by atoms with Crippen LogP contribution in [0.2, 0.25) is 0 Å². The third-order valence-electron chi connectivity index (χ3n) is 5.33. The Bertz CT molecular complexity index is 1140. The number of carbonyl (C=O) groups is 1. The lowest BCUT2D eigenvalue weighted by Gasteiger charge is -2.17. The topological polar surface area (TPSA) is 46.1 Å². The summed E-state index contributed by atoms with van der Waals surface area (Å²) in [7, 11) is 0. The quantitative estimate of drug-likeness (QED) is 0.501. The summed E-state index contributed by atoms with van der Waals surface area (Å²) in [6, 6.07) is 23.9. The first-order valence-electron chi connectivity index (χ1n) is 9.29. The van der Waals surface area contributed by atoms with Crippen LogP contribution in [0.5, 0.6) is 0 Å². The highest BCUT2D eigenvalue weighted by atomic mass is 16.2. The Morgan fingerprint density at radius 1 is 0.815 bits per heavy atom. The number of nitrogens with zero attached hydrogens (tertiary/aromatic N) is 3. The number of para-hydroxylation sites is 2. The van der Waals surface area contributed by atoms with Gasteiger partial charge >= 0.3 is 0 Å². The van der Waals surface area contributed by atoms with Crippen molar-refractivity contribution in [3.63, 3.8) is 0 Å². The van der Waals surface area contributed by atoms with Crippen molar-refractivity contribution in [2.45, 2.75) is 12.3 Å². The van der Waals surface area contributed by atoms with Crippen molar-refractivity contribution in [1.82, 2.24) is 14.9 Å². The van der Waals surface area contributed by atoms with Crippen molar-refractivity contribution in [2.24, 2.45) is 0 Å². The van der Waals surface area contributed by atoms with E-state index in [1.165, 1.54) is 5.56 Å². The number of aromatic nitrogens is 2. The van der Waals surface area contributed by atoms with E-state index in [9.17, 15) is 4.79 Å². The standard InChI is InChI=1S/C23H19N3O/c27-23(26-13-12-18(15-26)16-6-2-1-3-7-16)17-10-11-21-22(14-17)25-20-9-5-4-8-19(20)24-21/h1-11,14,18H,12-13,15H2/t18-/m1/s1. The second-order valence-corrected chi connectivity index (χ2v) is 7.06. The Morgan fingerprint density at radius 2 is 1.48 bits per heavy atom. The van der Waals surface area contributed by atoms with Crippen LogP contribution in [0.4, 0.5) is 0 Å². The fraction of sp³-hybridized carbons (Fsp3) is 0.174. The molecular formula is C23H19N3O. The lowest BCUT2D eigenvalue weighted by atomic mass is 9.99. The molecule has 5 rings (SSSR count). The number of likely N-dealkylation sites (tertiary alicyclic amines) is 1. The fourth-order valence-corrected chi connectivity index (χ4v) is 3.88. The maximum atomic E-state index is 13.0. The van der Waals surface area contributed by atoms with E-state index in [0.29, 0.717) is 11.5 Å². The summed E-state index contributed by atoms with van der Waals surface area (Å²) >= 11 is 0. The van der Waals surface area contributed by atoms with Gasteiger partial charge in [0.1, 0.15) is 0 Å². The van der Waals surface area contributed by atoms with E-state index in [1.54, 1.807) is 0 Å². The average molecular weight is 353 g/mol. The van der Waals surface area contributed by atoms with E-state index in [4.69, 9.17) is 0 Å². The molecule has 3 aromatic carbocycles. The van der Waals surface area contributed by atoms with Crippen LogP contribution in [0, 0.1) is 0 Å². The summed E-state index contributed by atoms with van der Waals surface area (Å²) in [6.45, 7) is 1.56. The molecule has 4 aromatic rings. The van der Waals surface area contributed by atoms with Crippen LogP contribution in [-0.2, 0) is 0 Å². The van der Waals surface area contributed by atoms with Gasteiger partial charge in [-0.15, -0.1) is 0 Å². The van der Waals surface area contributed by atoms with Gasteiger partial charge in [-0.25, -0.2) is 9.97 Å². The van der Waals surface area contributed by atoms with E-state index in [1.807, 2.05) is 53.4 Å². The first-order chi connectivity index (χ1) is 13.3. The van der Waals surface area contributed by atoms with Gasteiger partial charge in [0.25, 0.3) is 5.91 Å². The van der Waals surface area contributed by atoms with E-state index in [-0.39, 0.29) is 5.91 Å². The lowest BCUT2D eigenvalue weighted by Crippen LogP contribution is -2.28. The van der Waals surface area contributed by atoms with Gasteiger partial charge in [-0.1, -0.05) is 42.5 Å². The predicted molar refractivity (Wildman–Crippen MR) is 107 cm³/mol. The zero-order valence-corrected chi connectivity index (χ0v) is 14.9. The molecule has 4 heteroatoms. The molecule has 1 aliphatic rings. The minimum atomic E-state index is 0.0743. The van der Waals surface area contributed by atoms with Crippen molar-refractivity contribution in [1.29, 1.82) is 0 Å². The molecule has 1 aliphatic heterocycles. The van der Waals surface area contributed by atoms with Gasteiger partial charge in [0.2, 0.25) is 0 Å². The van der Waals surface area contributed by atoms with E-state index < -0.39 is 0 Å². The highest BCUT2D eigenvalue weighted by Crippen LogP contribution is 2.28. The van der Waals surface area contributed by atoms with Crippen LogP contribution in [0.3, 0.4) is 0 Å². The van der Waals surface area contributed by atoms with Crippen molar-refractivity contribution >= 4 is 28.0 Å². The van der Waals surface area contributed by atoms with E-state index in [0.717, 1.165) is 41.6 Å². The van der Waals surface area contributed by atoms with Crippen molar-refractivity contribution < 1.29 is 4.79 Å². The molecule has 1 aromatic heterocycles. The van der Waals surface area contributed by atoms with Crippen molar-refractivity contribution in [3.05, 3.63) is 83.9 Å². The van der Waals surface area contributed by atoms with Crippen molar-refractivity contribution in [3.8, 4) is 0 Å². The molecule has 0 saturated carbocycles. The van der Waals surface area contributed by atoms with Gasteiger partial charge in [0.15, 0.2) is 0 Å². The van der Waals surface area contributed by atoms with Crippen LogP contribution < -0.4 is 0 Å². The van der Waals surface area contributed by atoms with Crippen LogP contribution in [-0.4, -0.2) is 33.9 Å². The maximum absolute atomic E-state index is 13.0. The van der Waals surface area contributed by atoms with Crippen LogP contribution in [0.15, 0.2) is 72.8 Å². The Labute approximate surface area is 157 Å².